The van der Waals surface area contributed by atoms with Gasteiger partial charge in [-0.15, -0.1) is 0 Å². The topological polar surface area (TPSA) is 92.3 Å². The van der Waals surface area contributed by atoms with Crippen molar-refractivity contribution in [3.05, 3.63) is 59.0 Å². The average Bonchev–Trinajstić information content (AvgIpc) is 3.09. The standard InChI is InChI=1S/C19H24ClN7/c1-27-12-13(10-24-27)17-11-23-19(21,14-2-4-15(20)5-3-14)26-18(17)25-16-6-8-22-9-7-16/h2-5,10-12,16,22-23H,6-9,21H2,1H3,(H,25,26). The van der Waals surface area contributed by atoms with Gasteiger partial charge in [0.2, 0.25) is 5.79 Å². The lowest BCUT2D eigenvalue weighted by atomic mass is 10.0. The molecule has 1 aromatic heterocycles. The van der Waals surface area contributed by atoms with Gasteiger partial charge in [0.05, 0.1) is 6.20 Å². The number of nitrogens with one attached hydrogen (secondary N) is 3. The Balaban J connectivity index is 1.68. The molecule has 0 spiro atoms. The molecule has 2 aliphatic rings. The molecule has 3 heterocycles. The minimum atomic E-state index is -1.05. The third kappa shape index (κ3) is 3.85. The van der Waals surface area contributed by atoms with Crippen molar-refractivity contribution in [1.82, 2.24) is 25.7 Å². The average molecular weight is 386 g/mol. The van der Waals surface area contributed by atoms with Crippen molar-refractivity contribution in [2.75, 3.05) is 13.1 Å². The molecule has 1 fully saturated rings. The first kappa shape index (κ1) is 18.0. The van der Waals surface area contributed by atoms with Crippen molar-refractivity contribution in [2.45, 2.75) is 24.7 Å². The molecule has 0 bridgehead atoms. The van der Waals surface area contributed by atoms with Gasteiger partial charge in [-0.25, -0.2) is 4.99 Å². The molecule has 2 aromatic rings. The van der Waals surface area contributed by atoms with Crippen molar-refractivity contribution in [3.63, 3.8) is 0 Å². The summed E-state index contributed by atoms with van der Waals surface area (Å²) in [6.07, 6.45) is 7.82. The molecule has 5 N–H and O–H groups in total. The molecule has 142 valence electrons. The van der Waals surface area contributed by atoms with E-state index in [0.717, 1.165) is 48.5 Å². The smallest absolute Gasteiger partial charge is 0.211 e. The minimum Gasteiger partial charge on any atom is -0.367 e. The number of piperidine rings is 1. The van der Waals surface area contributed by atoms with Gasteiger partial charge in [0, 0.05) is 47.2 Å². The predicted octanol–water partition coefficient (Wildman–Crippen LogP) is 1.53. The van der Waals surface area contributed by atoms with Crippen LogP contribution in [0.5, 0.6) is 0 Å². The number of hydrogen-bond donors (Lipinski definition) is 4. The second-order valence-corrected chi connectivity index (χ2v) is 7.44. The summed E-state index contributed by atoms with van der Waals surface area (Å²) < 4.78 is 1.78. The van der Waals surface area contributed by atoms with E-state index in [-0.39, 0.29) is 0 Å². The number of halogens is 1. The highest BCUT2D eigenvalue weighted by atomic mass is 35.5. The van der Waals surface area contributed by atoms with Crippen LogP contribution in [0, 0.1) is 0 Å². The first-order chi connectivity index (χ1) is 13.0. The number of aryl methyl sites for hydroxylation is 1. The fourth-order valence-corrected chi connectivity index (χ4v) is 3.55. The number of rotatable bonds is 3. The van der Waals surface area contributed by atoms with Gasteiger partial charge in [0.25, 0.3) is 0 Å². The zero-order valence-electron chi connectivity index (χ0n) is 15.2. The van der Waals surface area contributed by atoms with E-state index in [1.165, 1.54) is 0 Å². The summed E-state index contributed by atoms with van der Waals surface area (Å²) in [4.78, 5) is 4.88. The van der Waals surface area contributed by atoms with Crippen molar-refractivity contribution >= 4 is 23.0 Å². The van der Waals surface area contributed by atoms with Gasteiger partial charge in [-0.3, -0.25) is 10.4 Å². The van der Waals surface area contributed by atoms with E-state index >= 15 is 0 Å². The summed E-state index contributed by atoms with van der Waals surface area (Å²) in [5.74, 6) is -0.267. The second-order valence-electron chi connectivity index (χ2n) is 7.01. The van der Waals surface area contributed by atoms with Gasteiger partial charge in [0.1, 0.15) is 5.84 Å². The highest BCUT2D eigenvalue weighted by Crippen LogP contribution is 2.27. The van der Waals surface area contributed by atoms with Crippen LogP contribution >= 0.6 is 11.6 Å². The predicted molar refractivity (Wildman–Crippen MR) is 108 cm³/mol. The van der Waals surface area contributed by atoms with E-state index < -0.39 is 5.79 Å². The number of aromatic nitrogens is 2. The summed E-state index contributed by atoms with van der Waals surface area (Å²) in [7, 11) is 1.90. The monoisotopic (exact) mass is 385 g/mol. The molecular formula is C19H24ClN7. The van der Waals surface area contributed by atoms with Gasteiger partial charge >= 0.3 is 0 Å². The quantitative estimate of drug-likeness (QED) is 0.643. The van der Waals surface area contributed by atoms with Gasteiger partial charge in [-0.1, -0.05) is 23.7 Å². The zero-order chi connectivity index (χ0) is 18.9. The molecule has 2 aliphatic heterocycles. The van der Waals surface area contributed by atoms with Crippen molar-refractivity contribution in [1.29, 1.82) is 0 Å². The summed E-state index contributed by atoms with van der Waals surface area (Å²) in [5, 5.41) is 15.2. The maximum absolute atomic E-state index is 6.61. The Hall–Kier alpha value is -2.35. The molecule has 0 amide bonds. The lowest BCUT2D eigenvalue weighted by Crippen LogP contribution is -2.52. The maximum Gasteiger partial charge on any atom is 0.211 e. The van der Waals surface area contributed by atoms with E-state index in [9.17, 15) is 0 Å². The van der Waals surface area contributed by atoms with Crippen molar-refractivity contribution in [3.8, 4) is 0 Å². The molecule has 4 rings (SSSR count). The SMILES string of the molecule is Cn1cc(C2=CNC(N)(c3ccc(Cl)cc3)N=C2NC2CCNCC2)cn1. The number of amidine groups is 1. The molecule has 0 radical (unpaired) electrons. The zero-order valence-corrected chi connectivity index (χ0v) is 16.0. The van der Waals surface area contributed by atoms with Gasteiger partial charge in [-0.05, 0) is 38.1 Å². The van der Waals surface area contributed by atoms with Crippen LogP contribution in [0.15, 0.2) is 47.9 Å². The number of hydrogen-bond acceptors (Lipinski definition) is 6. The number of aliphatic imine (C=N–C) groups is 1. The normalized spacial score (nSPS) is 23.4. The molecule has 1 unspecified atom stereocenters. The van der Waals surface area contributed by atoms with Gasteiger partial charge in [0.15, 0.2) is 0 Å². The highest BCUT2D eigenvalue weighted by Gasteiger charge is 2.32. The van der Waals surface area contributed by atoms with E-state index in [1.54, 1.807) is 4.68 Å². The third-order valence-corrected chi connectivity index (χ3v) is 5.21. The maximum atomic E-state index is 6.61. The van der Waals surface area contributed by atoms with Crippen LogP contribution in [-0.2, 0) is 12.8 Å². The molecule has 1 saturated heterocycles. The molecule has 1 aromatic carbocycles. The summed E-state index contributed by atoms with van der Waals surface area (Å²) in [5.41, 5.74) is 9.40. The summed E-state index contributed by atoms with van der Waals surface area (Å²) in [6.45, 7) is 2.00. The van der Waals surface area contributed by atoms with Crippen LogP contribution in [0.1, 0.15) is 24.0 Å². The first-order valence-electron chi connectivity index (χ1n) is 9.13. The van der Waals surface area contributed by atoms with Crippen LogP contribution in [0.25, 0.3) is 5.57 Å². The molecule has 8 heteroatoms. The summed E-state index contributed by atoms with van der Waals surface area (Å²) in [6, 6.07) is 7.79. The molecule has 1 atom stereocenters. The van der Waals surface area contributed by atoms with Crippen LogP contribution in [-0.4, -0.2) is 34.7 Å². The Morgan fingerprint density at radius 1 is 1.26 bits per heavy atom. The van der Waals surface area contributed by atoms with Crippen molar-refractivity contribution < 1.29 is 0 Å². The van der Waals surface area contributed by atoms with Gasteiger partial charge < -0.3 is 16.0 Å². The third-order valence-electron chi connectivity index (χ3n) is 4.96. The Labute approximate surface area is 163 Å². The van der Waals surface area contributed by atoms with Crippen LogP contribution in [0.3, 0.4) is 0 Å². The Bertz CT molecular complexity index is 864. The molecule has 27 heavy (non-hydrogen) atoms. The fraction of sp³-hybridized carbons (Fsp3) is 0.368. The Morgan fingerprint density at radius 2 is 2.00 bits per heavy atom. The second kappa shape index (κ2) is 7.34. The van der Waals surface area contributed by atoms with Crippen molar-refractivity contribution in [2.24, 2.45) is 17.8 Å². The van der Waals surface area contributed by atoms with Crippen LogP contribution < -0.4 is 21.7 Å². The van der Waals surface area contributed by atoms with E-state index in [0.29, 0.717) is 11.1 Å². The van der Waals surface area contributed by atoms with E-state index in [4.69, 9.17) is 22.3 Å². The fourth-order valence-electron chi connectivity index (χ4n) is 3.42. The molecule has 0 aliphatic carbocycles. The van der Waals surface area contributed by atoms with E-state index in [2.05, 4.69) is 21.0 Å². The number of nitrogens with two attached hydrogens (primary N) is 1. The van der Waals surface area contributed by atoms with E-state index in [1.807, 2.05) is 49.9 Å². The largest absolute Gasteiger partial charge is 0.367 e. The molecule has 7 nitrogen and oxygen atoms in total. The molecular weight excluding hydrogens is 362 g/mol. The minimum absolute atomic E-state index is 0.359. The summed E-state index contributed by atoms with van der Waals surface area (Å²) >= 11 is 6.02. The van der Waals surface area contributed by atoms with Crippen LogP contribution in [0.4, 0.5) is 0 Å². The number of benzene rings is 1. The first-order valence-corrected chi connectivity index (χ1v) is 9.50. The molecule has 0 saturated carbocycles. The Kier molecular flexibility index (Phi) is 4.90. The number of nitrogens with zero attached hydrogens (tertiary/aromatic N) is 3. The lowest BCUT2D eigenvalue weighted by molar-refractivity contribution is 0.398. The Morgan fingerprint density at radius 3 is 2.67 bits per heavy atom. The van der Waals surface area contributed by atoms with Gasteiger partial charge in [-0.2, -0.15) is 5.10 Å². The van der Waals surface area contributed by atoms with Crippen LogP contribution in [0.2, 0.25) is 5.02 Å². The lowest BCUT2D eigenvalue weighted by Gasteiger charge is -2.34. The highest BCUT2D eigenvalue weighted by molar-refractivity contribution is 6.30.